The van der Waals surface area contributed by atoms with Gasteiger partial charge in [-0.1, -0.05) is 30.7 Å². The SMILES string of the molecule is CC[C@H](c1cccc(Cl)c1F)N1CCNCC1.Cl.Cl. The third-order valence-electron chi connectivity index (χ3n) is 3.32. The maximum absolute atomic E-state index is 14.0. The van der Waals surface area contributed by atoms with Crippen LogP contribution in [0.25, 0.3) is 0 Å². The molecule has 1 aromatic carbocycles. The Hall–Kier alpha value is -0.0600. The van der Waals surface area contributed by atoms with E-state index >= 15 is 0 Å². The molecule has 19 heavy (non-hydrogen) atoms. The highest BCUT2D eigenvalue weighted by Crippen LogP contribution is 2.29. The van der Waals surface area contributed by atoms with E-state index in [0.717, 1.165) is 38.2 Å². The molecule has 1 aromatic rings. The van der Waals surface area contributed by atoms with Crippen LogP contribution in [0, 0.1) is 5.82 Å². The van der Waals surface area contributed by atoms with Crippen molar-refractivity contribution in [1.82, 2.24) is 10.2 Å². The third kappa shape index (κ3) is 4.47. The number of hydrogen-bond donors (Lipinski definition) is 1. The normalized spacial score (nSPS) is 17.2. The monoisotopic (exact) mass is 328 g/mol. The highest BCUT2D eigenvalue weighted by atomic mass is 35.5. The molecule has 0 aliphatic carbocycles. The number of nitrogens with zero attached hydrogens (tertiary/aromatic N) is 1. The second-order valence-electron chi connectivity index (χ2n) is 4.35. The Kier molecular flexibility index (Phi) is 8.95. The van der Waals surface area contributed by atoms with Gasteiger partial charge in [-0.25, -0.2) is 4.39 Å². The van der Waals surface area contributed by atoms with Gasteiger partial charge in [0.1, 0.15) is 5.82 Å². The minimum Gasteiger partial charge on any atom is -0.314 e. The summed E-state index contributed by atoms with van der Waals surface area (Å²) in [5, 5.41) is 3.53. The lowest BCUT2D eigenvalue weighted by atomic mass is 10.0. The maximum Gasteiger partial charge on any atom is 0.146 e. The molecule has 2 nitrogen and oxygen atoms in total. The van der Waals surface area contributed by atoms with Crippen LogP contribution < -0.4 is 5.32 Å². The molecular formula is C13H20Cl3FN2. The standard InChI is InChI=1S/C13H18ClFN2.2ClH/c1-2-12(17-8-6-16-7-9-17)10-4-3-5-11(14)13(10)15;;/h3-5,12,16H,2,6-9H2,1H3;2*1H/t12-;;/m1../s1. The van der Waals surface area contributed by atoms with Crippen LogP contribution in [0.1, 0.15) is 24.9 Å². The zero-order chi connectivity index (χ0) is 12.3. The Labute approximate surface area is 131 Å². The van der Waals surface area contributed by atoms with Gasteiger partial charge in [0, 0.05) is 37.8 Å². The summed E-state index contributed by atoms with van der Waals surface area (Å²) in [4.78, 5) is 2.32. The highest BCUT2D eigenvalue weighted by molar-refractivity contribution is 6.30. The van der Waals surface area contributed by atoms with Crippen molar-refractivity contribution in [2.75, 3.05) is 26.2 Å². The van der Waals surface area contributed by atoms with Crippen molar-refractivity contribution in [2.24, 2.45) is 0 Å². The molecule has 0 unspecified atom stereocenters. The molecule has 6 heteroatoms. The number of benzene rings is 1. The number of halogens is 4. The number of hydrogen-bond acceptors (Lipinski definition) is 2. The van der Waals surface area contributed by atoms with E-state index in [-0.39, 0.29) is 41.7 Å². The quantitative estimate of drug-likeness (QED) is 0.910. The van der Waals surface area contributed by atoms with E-state index in [1.165, 1.54) is 0 Å². The van der Waals surface area contributed by atoms with Crippen LogP contribution in [0.3, 0.4) is 0 Å². The number of rotatable bonds is 3. The summed E-state index contributed by atoms with van der Waals surface area (Å²) in [6.07, 6.45) is 0.900. The van der Waals surface area contributed by atoms with Crippen LogP contribution in [0.2, 0.25) is 5.02 Å². The van der Waals surface area contributed by atoms with Crippen molar-refractivity contribution in [3.05, 3.63) is 34.6 Å². The summed E-state index contributed by atoms with van der Waals surface area (Å²) in [6.45, 7) is 5.96. The molecular weight excluding hydrogens is 310 g/mol. The van der Waals surface area contributed by atoms with Crippen molar-refractivity contribution < 1.29 is 4.39 Å². The first-order valence-electron chi connectivity index (χ1n) is 6.12. The van der Waals surface area contributed by atoms with Gasteiger partial charge in [0.15, 0.2) is 0 Å². The summed E-state index contributed by atoms with van der Waals surface area (Å²) >= 11 is 5.85. The van der Waals surface area contributed by atoms with Gasteiger partial charge in [-0.2, -0.15) is 0 Å². The van der Waals surface area contributed by atoms with E-state index in [4.69, 9.17) is 11.6 Å². The lowest BCUT2D eigenvalue weighted by molar-refractivity contribution is 0.166. The highest BCUT2D eigenvalue weighted by Gasteiger charge is 2.23. The van der Waals surface area contributed by atoms with Crippen LogP contribution in [-0.2, 0) is 0 Å². The Balaban J connectivity index is 0.00000162. The van der Waals surface area contributed by atoms with Crippen molar-refractivity contribution in [3.63, 3.8) is 0 Å². The van der Waals surface area contributed by atoms with Crippen molar-refractivity contribution >= 4 is 36.4 Å². The largest absolute Gasteiger partial charge is 0.314 e. The Morgan fingerprint density at radius 2 is 1.95 bits per heavy atom. The van der Waals surface area contributed by atoms with Crippen LogP contribution >= 0.6 is 36.4 Å². The molecule has 0 radical (unpaired) electrons. The van der Waals surface area contributed by atoms with Gasteiger partial charge >= 0.3 is 0 Å². The molecule has 1 atom stereocenters. The van der Waals surface area contributed by atoms with Crippen LogP contribution in [0.5, 0.6) is 0 Å². The molecule has 0 amide bonds. The average Bonchev–Trinajstić information content (AvgIpc) is 2.37. The molecule has 1 aliphatic heterocycles. The molecule has 1 heterocycles. The molecule has 1 N–H and O–H groups in total. The van der Waals surface area contributed by atoms with Crippen molar-refractivity contribution in [1.29, 1.82) is 0 Å². The molecule has 1 fully saturated rings. The van der Waals surface area contributed by atoms with E-state index < -0.39 is 0 Å². The summed E-state index contributed by atoms with van der Waals surface area (Å²) in [6, 6.07) is 5.41. The van der Waals surface area contributed by atoms with Crippen molar-refractivity contribution in [2.45, 2.75) is 19.4 Å². The number of piperazine rings is 1. The fourth-order valence-corrected chi connectivity index (χ4v) is 2.63. The fraction of sp³-hybridized carbons (Fsp3) is 0.538. The third-order valence-corrected chi connectivity index (χ3v) is 3.61. The Morgan fingerprint density at radius 3 is 2.53 bits per heavy atom. The average molecular weight is 330 g/mol. The van der Waals surface area contributed by atoms with E-state index in [2.05, 4.69) is 17.1 Å². The van der Waals surface area contributed by atoms with Gasteiger partial charge < -0.3 is 5.32 Å². The fourth-order valence-electron chi connectivity index (χ4n) is 2.45. The predicted molar refractivity (Wildman–Crippen MR) is 83.4 cm³/mol. The molecule has 1 saturated heterocycles. The lowest BCUT2D eigenvalue weighted by Crippen LogP contribution is -2.45. The Bertz CT molecular complexity index is 384. The van der Waals surface area contributed by atoms with Crippen LogP contribution in [0.15, 0.2) is 18.2 Å². The van der Waals surface area contributed by atoms with Crippen LogP contribution in [-0.4, -0.2) is 31.1 Å². The first-order valence-corrected chi connectivity index (χ1v) is 6.50. The molecule has 0 spiro atoms. The minimum atomic E-state index is -0.264. The minimum absolute atomic E-state index is 0. The second-order valence-corrected chi connectivity index (χ2v) is 4.76. The van der Waals surface area contributed by atoms with Gasteiger partial charge in [0.2, 0.25) is 0 Å². The van der Waals surface area contributed by atoms with E-state index in [1.54, 1.807) is 6.07 Å². The van der Waals surface area contributed by atoms with Crippen molar-refractivity contribution in [3.8, 4) is 0 Å². The van der Waals surface area contributed by atoms with Gasteiger partial charge in [-0.3, -0.25) is 4.90 Å². The summed E-state index contributed by atoms with van der Waals surface area (Å²) < 4.78 is 14.0. The summed E-state index contributed by atoms with van der Waals surface area (Å²) in [5.41, 5.74) is 0.724. The molecule has 1 aliphatic rings. The first-order chi connectivity index (χ1) is 8.24. The molecule has 0 aromatic heterocycles. The molecule has 0 bridgehead atoms. The van der Waals surface area contributed by atoms with Gasteiger partial charge in [-0.05, 0) is 12.5 Å². The number of nitrogens with one attached hydrogen (secondary N) is 1. The topological polar surface area (TPSA) is 15.3 Å². The smallest absolute Gasteiger partial charge is 0.146 e. The van der Waals surface area contributed by atoms with Gasteiger partial charge in [-0.15, -0.1) is 24.8 Å². The van der Waals surface area contributed by atoms with E-state index in [0.29, 0.717) is 0 Å². The Morgan fingerprint density at radius 1 is 1.32 bits per heavy atom. The van der Waals surface area contributed by atoms with Gasteiger partial charge in [0.25, 0.3) is 0 Å². The molecule has 2 rings (SSSR count). The van der Waals surface area contributed by atoms with Crippen LogP contribution in [0.4, 0.5) is 4.39 Å². The maximum atomic E-state index is 14.0. The molecule has 110 valence electrons. The van der Waals surface area contributed by atoms with E-state index in [9.17, 15) is 4.39 Å². The summed E-state index contributed by atoms with van der Waals surface area (Å²) in [5.74, 6) is -0.264. The zero-order valence-electron chi connectivity index (χ0n) is 10.9. The van der Waals surface area contributed by atoms with E-state index in [1.807, 2.05) is 12.1 Å². The predicted octanol–water partition coefficient (Wildman–Crippen LogP) is 3.68. The summed E-state index contributed by atoms with van der Waals surface area (Å²) in [7, 11) is 0. The van der Waals surface area contributed by atoms with Gasteiger partial charge in [0.05, 0.1) is 5.02 Å². The lowest BCUT2D eigenvalue weighted by Gasteiger charge is -2.34. The second kappa shape index (κ2) is 8.98. The molecule has 0 saturated carbocycles. The first kappa shape index (κ1) is 18.9. The zero-order valence-corrected chi connectivity index (χ0v) is 13.3.